The van der Waals surface area contributed by atoms with Crippen LogP contribution in [0.4, 0.5) is 13.2 Å². The molecule has 3 rings (SSSR count). The van der Waals surface area contributed by atoms with Gasteiger partial charge in [0.25, 0.3) is 0 Å². The molecule has 0 heterocycles. The summed E-state index contributed by atoms with van der Waals surface area (Å²) in [5.74, 6) is -1.73. The predicted molar refractivity (Wildman–Crippen MR) is 111 cm³/mol. The Balaban J connectivity index is 1.61. The van der Waals surface area contributed by atoms with Crippen LogP contribution < -0.4 is 4.74 Å². The highest BCUT2D eigenvalue weighted by molar-refractivity contribution is 5.34. The minimum absolute atomic E-state index is 0.00170. The molecule has 2 aromatic carbocycles. The van der Waals surface area contributed by atoms with Gasteiger partial charge >= 0.3 is 0 Å². The van der Waals surface area contributed by atoms with Gasteiger partial charge in [-0.25, -0.2) is 8.78 Å². The third kappa shape index (κ3) is 5.34. The average molecular weight is 405 g/mol. The van der Waals surface area contributed by atoms with Gasteiger partial charge in [0, 0.05) is 0 Å². The summed E-state index contributed by atoms with van der Waals surface area (Å²) in [5.41, 5.74) is 2.07. The van der Waals surface area contributed by atoms with Crippen molar-refractivity contribution in [3.8, 4) is 5.75 Å². The van der Waals surface area contributed by atoms with E-state index in [0.717, 1.165) is 62.5 Å². The van der Waals surface area contributed by atoms with Crippen molar-refractivity contribution in [2.75, 3.05) is 6.61 Å². The van der Waals surface area contributed by atoms with Crippen molar-refractivity contribution in [3.63, 3.8) is 0 Å². The standard InChI is InChI=1S/C25H31F3O/c1-3-4-5-6-15-29-23-14-13-21(24(27)25(23)28)19-10-8-18(9-11-19)20-12-7-17(2)16-22(20)26/h7,12-14,16,18-19H,3-6,8-11,15H2,1-2H3. The van der Waals surface area contributed by atoms with E-state index in [-0.39, 0.29) is 23.4 Å². The summed E-state index contributed by atoms with van der Waals surface area (Å²) in [4.78, 5) is 0. The molecule has 0 aliphatic heterocycles. The largest absolute Gasteiger partial charge is 0.490 e. The summed E-state index contributed by atoms with van der Waals surface area (Å²) < 4.78 is 48.9. The average Bonchev–Trinajstić information content (AvgIpc) is 2.71. The lowest BCUT2D eigenvalue weighted by molar-refractivity contribution is 0.283. The molecule has 0 spiro atoms. The first kappa shape index (κ1) is 21.7. The Hall–Kier alpha value is -1.97. The number of hydrogen-bond donors (Lipinski definition) is 0. The van der Waals surface area contributed by atoms with Crippen LogP contribution in [0.3, 0.4) is 0 Å². The first-order valence-corrected chi connectivity index (χ1v) is 10.9. The van der Waals surface area contributed by atoms with Gasteiger partial charge in [0.2, 0.25) is 5.82 Å². The monoisotopic (exact) mass is 404 g/mol. The molecule has 158 valence electrons. The Kier molecular flexibility index (Phi) is 7.63. The Bertz CT molecular complexity index is 810. The van der Waals surface area contributed by atoms with Crippen LogP contribution in [0.2, 0.25) is 0 Å². The highest BCUT2D eigenvalue weighted by Crippen LogP contribution is 2.42. The second-order valence-corrected chi connectivity index (χ2v) is 8.26. The van der Waals surface area contributed by atoms with E-state index in [1.54, 1.807) is 18.2 Å². The second-order valence-electron chi connectivity index (χ2n) is 8.26. The quantitative estimate of drug-likeness (QED) is 0.408. The molecule has 0 atom stereocenters. The summed E-state index contributed by atoms with van der Waals surface area (Å²) in [6, 6.07) is 8.58. The van der Waals surface area contributed by atoms with E-state index in [0.29, 0.717) is 12.2 Å². The van der Waals surface area contributed by atoms with Crippen LogP contribution in [-0.4, -0.2) is 6.61 Å². The highest BCUT2D eigenvalue weighted by atomic mass is 19.2. The first-order chi connectivity index (χ1) is 14.0. The summed E-state index contributed by atoms with van der Waals surface area (Å²) in [6.45, 7) is 4.40. The normalized spacial score (nSPS) is 19.3. The lowest BCUT2D eigenvalue weighted by Crippen LogP contribution is -2.15. The van der Waals surface area contributed by atoms with Crippen molar-refractivity contribution >= 4 is 0 Å². The lowest BCUT2D eigenvalue weighted by Gasteiger charge is -2.29. The topological polar surface area (TPSA) is 9.23 Å². The highest BCUT2D eigenvalue weighted by Gasteiger charge is 2.28. The maximum atomic E-state index is 14.7. The van der Waals surface area contributed by atoms with E-state index < -0.39 is 11.6 Å². The van der Waals surface area contributed by atoms with Gasteiger partial charge in [-0.1, -0.05) is 44.4 Å². The van der Waals surface area contributed by atoms with Gasteiger partial charge in [0.1, 0.15) is 5.82 Å². The van der Waals surface area contributed by atoms with E-state index in [1.807, 2.05) is 19.1 Å². The Morgan fingerprint density at radius 1 is 0.828 bits per heavy atom. The van der Waals surface area contributed by atoms with Crippen LogP contribution >= 0.6 is 0 Å². The van der Waals surface area contributed by atoms with Crippen LogP contribution in [0.5, 0.6) is 5.75 Å². The molecule has 0 unspecified atom stereocenters. The third-order valence-corrected chi connectivity index (χ3v) is 6.09. The van der Waals surface area contributed by atoms with Gasteiger partial charge < -0.3 is 4.74 Å². The molecule has 2 aromatic rings. The van der Waals surface area contributed by atoms with E-state index in [4.69, 9.17) is 4.74 Å². The molecule has 0 N–H and O–H groups in total. The Morgan fingerprint density at radius 2 is 1.48 bits per heavy atom. The van der Waals surface area contributed by atoms with Crippen molar-refractivity contribution in [1.82, 2.24) is 0 Å². The van der Waals surface area contributed by atoms with Crippen molar-refractivity contribution in [3.05, 3.63) is 64.5 Å². The molecule has 1 nitrogen and oxygen atoms in total. The number of rotatable bonds is 8. The molecular formula is C25H31F3O. The molecule has 0 amide bonds. The van der Waals surface area contributed by atoms with E-state index in [1.165, 1.54) is 0 Å². The van der Waals surface area contributed by atoms with E-state index in [9.17, 15) is 13.2 Å². The fourth-order valence-corrected chi connectivity index (χ4v) is 4.36. The number of unbranched alkanes of at least 4 members (excludes halogenated alkanes) is 3. The fourth-order valence-electron chi connectivity index (χ4n) is 4.36. The van der Waals surface area contributed by atoms with Gasteiger partial charge in [-0.15, -0.1) is 0 Å². The number of aryl methyl sites for hydroxylation is 1. The van der Waals surface area contributed by atoms with Crippen LogP contribution in [-0.2, 0) is 0 Å². The van der Waals surface area contributed by atoms with Crippen molar-refractivity contribution in [2.24, 2.45) is 0 Å². The molecule has 0 aromatic heterocycles. The summed E-state index contributed by atoms with van der Waals surface area (Å²) in [6.07, 6.45) is 7.13. The summed E-state index contributed by atoms with van der Waals surface area (Å²) in [5, 5.41) is 0. The van der Waals surface area contributed by atoms with Gasteiger partial charge in [0.05, 0.1) is 6.61 Å². The van der Waals surface area contributed by atoms with Crippen LogP contribution in [0.15, 0.2) is 30.3 Å². The third-order valence-electron chi connectivity index (χ3n) is 6.09. The number of ether oxygens (including phenoxy) is 1. The van der Waals surface area contributed by atoms with E-state index in [2.05, 4.69) is 6.92 Å². The lowest BCUT2D eigenvalue weighted by atomic mass is 9.76. The Labute approximate surface area is 172 Å². The molecule has 4 heteroatoms. The van der Waals surface area contributed by atoms with Gasteiger partial charge in [0.15, 0.2) is 11.6 Å². The molecular weight excluding hydrogens is 373 g/mol. The predicted octanol–water partition coefficient (Wildman–Crippen LogP) is 7.81. The van der Waals surface area contributed by atoms with Crippen molar-refractivity contribution in [1.29, 1.82) is 0 Å². The van der Waals surface area contributed by atoms with Crippen LogP contribution in [0.1, 0.15) is 86.8 Å². The van der Waals surface area contributed by atoms with Crippen LogP contribution in [0, 0.1) is 24.4 Å². The van der Waals surface area contributed by atoms with Gasteiger partial charge in [-0.05, 0) is 79.7 Å². The minimum atomic E-state index is -0.885. The van der Waals surface area contributed by atoms with Crippen molar-refractivity contribution in [2.45, 2.75) is 77.0 Å². The van der Waals surface area contributed by atoms with E-state index >= 15 is 0 Å². The van der Waals surface area contributed by atoms with Gasteiger partial charge in [-0.2, -0.15) is 4.39 Å². The summed E-state index contributed by atoms with van der Waals surface area (Å²) >= 11 is 0. The molecule has 1 aliphatic carbocycles. The minimum Gasteiger partial charge on any atom is -0.490 e. The SMILES string of the molecule is CCCCCCOc1ccc(C2CCC(c3ccc(C)cc3F)CC2)c(F)c1F. The first-order valence-electron chi connectivity index (χ1n) is 10.9. The molecule has 1 aliphatic rings. The smallest absolute Gasteiger partial charge is 0.200 e. The number of halogens is 3. The number of benzene rings is 2. The number of hydrogen-bond acceptors (Lipinski definition) is 1. The molecule has 0 bridgehead atoms. The second kappa shape index (κ2) is 10.2. The van der Waals surface area contributed by atoms with Gasteiger partial charge in [-0.3, -0.25) is 0 Å². The zero-order valence-electron chi connectivity index (χ0n) is 17.4. The zero-order valence-corrected chi connectivity index (χ0v) is 17.4. The summed E-state index contributed by atoms with van der Waals surface area (Å²) in [7, 11) is 0. The zero-order chi connectivity index (χ0) is 20.8. The van der Waals surface area contributed by atoms with Crippen LogP contribution in [0.25, 0.3) is 0 Å². The van der Waals surface area contributed by atoms with Crippen molar-refractivity contribution < 1.29 is 17.9 Å². The molecule has 1 saturated carbocycles. The molecule has 0 radical (unpaired) electrons. The molecule has 29 heavy (non-hydrogen) atoms. The molecule has 0 saturated heterocycles. The maximum Gasteiger partial charge on any atom is 0.200 e. The maximum absolute atomic E-state index is 14.7. The molecule has 1 fully saturated rings. The fraction of sp³-hybridized carbons (Fsp3) is 0.520. The Morgan fingerprint density at radius 3 is 2.14 bits per heavy atom.